The summed E-state index contributed by atoms with van der Waals surface area (Å²) in [6, 6.07) is 64.1. The number of amidine groups is 2. The van der Waals surface area contributed by atoms with Gasteiger partial charge >= 0.3 is 0 Å². The Kier molecular flexibility index (Phi) is 7.09. The molecule has 12 rings (SSSR count). The van der Waals surface area contributed by atoms with Gasteiger partial charge in [-0.2, -0.15) is 0 Å². The van der Waals surface area contributed by atoms with Crippen molar-refractivity contribution >= 4 is 86.9 Å². The molecule has 0 saturated heterocycles. The molecule has 5 nitrogen and oxygen atoms in total. The topological polar surface area (TPSA) is 56.9 Å². The molecule has 3 aromatic heterocycles. The Balaban J connectivity index is 1.02. The predicted molar refractivity (Wildman–Crippen MR) is 238 cm³/mol. The summed E-state index contributed by atoms with van der Waals surface area (Å²) < 4.78 is 11.3. The zero-order valence-electron chi connectivity index (χ0n) is 30.5. The van der Waals surface area contributed by atoms with Gasteiger partial charge in [0.15, 0.2) is 0 Å². The minimum atomic E-state index is -0.448. The van der Waals surface area contributed by atoms with Crippen molar-refractivity contribution in [2.24, 2.45) is 9.98 Å². The van der Waals surface area contributed by atoms with Gasteiger partial charge in [-0.15, -0.1) is 11.3 Å². The molecule has 6 heteroatoms. The summed E-state index contributed by atoms with van der Waals surface area (Å²) in [4.78, 5) is 10.3. The second kappa shape index (κ2) is 12.6. The minimum Gasteiger partial charge on any atom is -0.455 e. The van der Waals surface area contributed by atoms with E-state index in [1.54, 1.807) is 0 Å². The van der Waals surface area contributed by atoms with Gasteiger partial charge in [0.1, 0.15) is 11.2 Å². The van der Waals surface area contributed by atoms with Crippen LogP contribution in [0.2, 0.25) is 0 Å². The van der Waals surface area contributed by atoms with Crippen molar-refractivity contribution in [2.45, 2.75) is 6.17 Å². The number of aromatic nitrogens is 1. The van der Waals surface area contributed by atoms with Crippen LogP contribution in [0, 0.1) is 0 Å². The normalized spacial score (nSPS) is 14.5. The molecule has 8 aromatic carbocycles. The van der Waals surface area contributed by atoms with Crippen LogP contribution in [0.1, 0.15) is 22.9 Å². The first-order chi connectivity index (χ1) is 28.3. The third-order valence-corrected chi connectivity index (χ3v) is 12.4. The summed E-state index contributed by atoms with van der Waals surface area (Å²) in [6.07, 6.45) is -0.448. The third-order valence-electron chi connectivity index (χ3n) is 11.2. The number of rotatable bonds is 5. The van der Waals surface area contributed by atoms with Gasteiger partial charge in [0, 0.05) is 58.5 Å². The van der Waals surface area contributed by atoms with E-state index in [4.69, 9.17) is 19.7 Å². The molecular formula is C51H31N4OS-. The van der Waals surface area contributed by atoms with Crippen molar-refractivity contribution < 1.29 is 4.42 Å². The molecule has 1 aliphatic heterocycles. The van der Waals surface area contributed by atoms with Crippen molar-refractivity contribution in [3.63, 3.8) is 0 Å². The van der Waals surface area contributed by atoms with Crippen LogP contribution in [0.25, 0.3) is 86.0 Å². The number of thiophene rings is 1. The Hall–Kier alpha value is -7.28. The van der Waals surface area contributed by atoms with E-state index in [-0.39, 0.29) is 0 Å². The monoisotopic (exact) mass is 747 g/mol. The van der Waals surface area contributed by atoms with Gasteiger partial charge < -0.3 is 19.3 Å². The summed E-state index contributed by atoms with van der Waals surface area (Å²) >= 11 is 1.83. The van der Waals surface area contributed by atoms with E-state index in [0.717, 1.165) is 44.3 Å². The first-order valence-corrected chi connectivity index (χ1v) is 19.9. The largest absolute Gasteiger partial charge is 0.455 e. The molecule has 0 radical (unpaired) electrons. The van der Waals surface area contributed by atoms with E-state index in [2.05, 4.69) is 144 Å². The number of hydrogen-bond acceptors (Lipinski definition) is 4. The quantitative estimate of drug-likeness (QED) is 0.173. The lowest BCUT2D eigenvalue weighted by molar-refractivity contribution is 0.668. The van der Waals surface area contributed by atoms with E-state index < -0.39 is 6.17 Å². The van der Waals surface area contributed by atoms with Gasteiger partial charge in [0.2, 0.25) is 0 Å². The number of furan rings is 1. The lowest BCUT2D eigenvalue weighted by atomic mass is 9.97. The highest BCUT2D eigenvalue weighted by Crippen LogP contribution is 2.45. The van der Waals surface area contributed by atoms with E-state index in [1.165, 1.54) is 53.1 Å². The Morgan fingerprint density at radius 1 is 0.544 bits per heavy atom. The predicted octanol–water partition coefficient (Wildman–Crippen LogP) is 14.0. The maximum Gasteiger partial charge on any atom is 0.144 e. The SMILES string of the molecule is c1ccc(C2N=C(c3cccc4c3oc3ccccc34)N=C(c3ccc4c(c3)sc3c(-c5cccc6c5c5ccccc5n6-c5ccccc5)cccc34)[N-]2)cc1. The highest BCUT2D eigenvalue weighted by atomic mass is 32.1. The molecule has 0 spiro atoms. The van der Waals surface area contributed by atoms with Crippen molar-refractivity contribution in [3.8, 4) is 16.8 Å². The second-order valence-electron chi connectivity index (χ2n) is 14.5. The second-order valence-corrected chi connectivity index (χ2v) is 15.5. The highest BCUT2D eigenvalue weighted by Gasteiger charge is 2.20. The number of fused-ring (bicyclic) bond motifs is 9. The van der Waals surface area contributed by atoms with Gasteiger partial charge in [0.25, 0.3) is 0 Å². The van der Waals surface area contributed by atoms with E-state index in [1.807, 2.05) is 53.8 Å². The molecule has 0 fully saturated rings. The van der Waals surface area contributed by atoms with Crippen LogP contribution in [0.5, 0.6) is 0 Å². The molecule has 57 heavy (non-hydrogen) atoms. The standard InChI is InChI=1S/C51H31N4OS/c1-3-14-31(15-4-1)49-52-50(54-51(53-49)41-24-11-21-37-34-18-8-10-27-44(34)56-47(37)41)32-28-29-35-38-22-12-23-39(48(38)57-45(35)30-32)36-20-13-26-43-46(36)40-19-7-9-25-42(40)55(43)33-16-5-2-6-17-33/h1-30,49H/q-1. The zero-order chi connectivity index (χ0) is 37.5. The Morgan fingerprint density at radius 2 is 1.23 bits per heavy atom. The van der Waals surface area contributed by atoms with Gasteiger partial charge in [-0.05, 0) is 59.2 Å². The van der Waals surface area contributed by atoms with Crippen molar-refractivity contribution in [1.29, 1.82) is 0 Å². The van der Waals surface area contributed by atoms with E-state index in [0.29, 0.717) is 11.7 Å². The van der Waals surface area contributed by atoms with Gasteiger partial charge in [-0.3, -0.25) is 4.99 Å². The third kappa shape index (κ3) is 5.01. The van der Waals surface area contributed by atoms with Crippen LogP contribution in [0.15, 0.2) is 196 Å². The van der Waals surface area contributed by atoms with Crippen LogP contribution in [-0.2, 0) is 0 Å². The Bertz CT molecular complexity index is 3450. The number of benzene rings is 8. The molecule has 11 aromatic rings. The maximum atomic E-state index is 6.45. The van der Waals surface area contributed by atoms with Crippen LogP contribution in [0.3, 0.4) is 0 Å². The first kappa shape index (κ1) is 32.0. The Labute approximate surface area is 331 Å². The molecule has 4 heterocycles. The first-order valence-electron chi connectivity index (χ1n) is 19.1. The molecule has 0 N–H and O–H groups in total. The fraction of sp³-hybridized carbons (Fsp3) is 0.0196. The number of aliphatic imine (C=N–C) groups is 2. The zero-order valence-corrected chi connectivity index (χ0v) is 31.3. The van der Waals surface area contributed by atoms with Crippen LogP contribution >= 0.6 is 11.3 Å². The lowest BCUT2D eigenvalue weighted by Crippen LogP contribution is -2.16. The van der Waals surface area contributed by atoms with Crippen LogP contribution in [-0.4, -0.2) is 16.2 Å². The van der Waals surface area contributed by atoms with Gasteiger partial charge in [0.05, 0.1) is 23.0 Å². The maximum absolute atomic E-state index is 6.45. The smallest absolute Gasteiger partial charge is 0.144 e. The molecule has 0 amide bonds. The molecule has 1 atom stereocenters. The highest BCUT2D eigenvalue weighted by molar-refractivity contribution is 7.26. The average molecular weight is 748 g/mol. The van der Waals surface area contributed by atoms with E-state index in [9.17, 15) is 0 Å². The molecular weight excluding hydrogens is 717 g/mol. The molecule has 268 valence electrons. The fourth-order valence-electron chi connectivity index (χ4n) is 8.63. The van der Waals surface area contributed by atoms with Crippen molar-refractivity contribution in [3.05, 3.63) is 204 Å². The summed E-state index contributed by atoms with van der Waals surface area (Å²) in [5.74, 6) is 1.26. The summed E-state index contributed by atoms with van der Waals surface area (Å²) in [6.45, 7) is 0. The fourth-order valence-corrected chi connectivity index (χ4v) is 9.90. The molecule has 0 saturated carbocycles. The van der Waals surface area contributed by atoms with Crippen molar-refractivity contribution in [1.82, 2.24) is 4.57 Å². The summed E-state index contributed by atoms with van der Waals surface area (Å²) in [5.41, 5.74) is 10.5. The van der Waals surface area contributed by atoms with E-state index >= 15 is 0 Å². The number of hydrogen-bond donors (Lipinski definition) is 0. The van der Waals surface area contributed by atoms with Gasteiger partial charge in [-0.1, -0.05) is 145 Å². The molecule has 0 bridgehead atoms. The van der Waals surface area contributed by atoms with Gasteiger partial charge in [-0.25, -0.2) is 0 Å². The molecule has 1 unspecified atom stereocenters. The van der Waals surface area contributed by atoms with Crippen LogP contribution < -0.4 is 0 Å². The van der Waals surface area contributed by atoms with Crippen LogP contribution in [0.4, 0.5) is 0 Å². The van der Waals surface area contributed by atoms with Crippen molar-refractivity contribution in [2.75, 3.05) is 0 Å². The molecule has 1 aliphatic rings. The summed E-state index contributed by atoms with van der Waals surface area (Å²) in [7, 11) is 0. The lowest BCUT2D eigenvalue weighted by Gasteiger charge is -2.32. The minimum absolute atomic E-state index is 0.448. The number of nitrogens with zero attached hydrogens (tertiary/aromatic N) is 4. The Morgan fingerprint density at radius 3 is 2.11 bits per heavy atom. The molecule has 0 aliphatic carbocycles. The number of para-hydroxylation sites is 4. The average Bonchev–Trinajstić information content (AvgIpc) is 3.96. The summed E-state index contributed by atoms with van der Waals surface area (Å²) in [5, 5.41) is 12.3.